The average Bonchev–Trinajstić information content (AvgIpc) is 2.66. The predicted molar refractivity (Wildman–Crippen MR) is 75.5 cm³/mol. The molecule has 92 valence electrons. The van der Waals surface area contributed by atoms with Gasteiger partial charge in [-0.2, -0.15) is 0 Å². The fourth-order valence-corrected chi connectivity index (χ4v) is 3.08. The van der Waals surface area contributed by atoms with Crippen molar-refractivity contribution in [3.05, 3.63) is 28.8 Å². The quantitative estimate of drug-likeness (QED) is 0.881. The molecule has 2 N–H and O–H groups in total. The highest BCUT2D eigenvalue weighted by atomic mass is 32.1. The number of hydrogen-bond donors (Lipinski definition) is 1. The Bertz CT molecular complexity index is 488. The number of thiazole rings is 1. The van der Waals surface area contributed by atoms with E-state index in [0.29, 0.717) is 5.92 Å². The van der Waals surface area contributed by atoms with Crippen molar-refractivity contribution in [3.63, 3.8) is 0 Å². The molecule has 0 amide bonds. The molecule has 0 aliphatic rings. The van der Waals surface area contributed by atoms with Crippen LogP contribution in [0.2, 0.25) is 0 Å². The Morgan fingerprint density at radius 2 is 2.18 bits per heavy atom. The molecule has 1 aromatic carbocycles. The maximum atomic E-state index is 5.53. The van der Waals surface area contributed by atoms with Crippen molar-refractivity contribution < 1.29 is 0 Å². The second kappa shape index (κ2) is 5.61. The number of aryl methyl sites for hydroxylation is 1. The van der Waals surface area contributed by atoms with Crippen molar-refractivity contribution in [1.29, 1.82) is 0 Å². The maximum absolute atomic E-state index is 5.53. The number of benzene rings is 1. The van der Waals surface area contributed by atoms with Gasteiger partial charge in [-0.15, -0.1) is 11.3 Å². The topological polar surface area (TPSA) is 38.9 Å². The summed E-state index contributed by atoms with van der Waals surface area (Å²) in [6.45, 7) is 5.23. The van der Waals surface area contributed by atoms with E-state index in [4.69, 9.17) is 10.7 Å². The van der Waals surface area contributed by atoms with E-state index in [2.05, 4.69) is 32.0 Å². The molecule has 0 saturated carbocycles. The van der Waals surface area contributed by atoms with E-state index in [1.807, 2.05) is 11.3 Å². The first-order valence-corrected chi connectivity index (χ1v) is 7.09. The number of fused-ring (bicyclic) bond motifs is 1. The van der Waals surface area contributed by atoms with Crippen LogP contribution in [-0.2, 0) is 12.8 Å². The molecule has 3 heteroatoms. The monoisotopic (exact) mass is 248 g/mol. The van der Waals surface area contributed by atoms with Crippen molar-refractivity contribution in [3.8, 4) is 0 Å². The molecule has 1 aromatic heterocycles. The van der Waals surface area contributed by atoms with E-state index in [1.54, 1.807) is 0 Å². The van der Waals surface area contributed by atoms with E-state index < -0.39 is 0 Å². The molecule has 0 radical (unpaired) electrons. The summed E-state index contributed by atoms with van der Waals surface area (Å²) in [5, 5.41) is 1.26. The van der Waals surface area contributed by atoms with Crippen LogP contribution in [0.25, 0.3) is 10.2 Å². The van der Waals surface area contributed by atoms with Crippen LogP contribution in [0.5, 0.6) is 0 Å². The fraction of sp³-hybridized carbons (Fsp3) is 0.500. The zero-order chi connectivity index (χ0) is 12.3. The second-order valence-electron chi connectivity index (χ2n) is 4.90. The van der Waals surface area contributed by atoms with Crippen LogP contribution in [0.15, 0.2) is 18.2 Å². The zero-order valence-electron chi connectivity index (χ0n) is 10.6. The molecule has 0 bridgehead atoms. The Hall–Kier alpha value is -0.930. The smallest absolute Gasteiger partial charge is 0.0941 e. The predicted octanol–water partition coefficient (Wildman–Crippen LogP) is 3.39. The van der Waals surface area contributed by atoms with Crippen molar-refractivity contribution in [2.75, 3.05) is 6.54 Å². The Balaban J connectivity index is 2.21. The second-order valence-corrected chi connectivity index (χ2v) is 6.02. The standard InChI is InChI=1S/C14H20N2S/c1-10(2)8-14-16-12-9-11(4-3-7-15)5-6-13(12)17-14/h5-6,9-10H,3-4,7-8,15H2,1-2H3. The van der Waals surface area contributed by atoms with Gasteiger partial charge in [0.15, 0.2) is 0 Å². The number of hydrogen-bond acceptors (Lipinski definition) is 3. The van der Waals surface area contributed by atoms with Gasteiger partial charge in [0.25, 0.3) is 0 Å². The van der Waals surface area contributed by atoms with Crippen LogP contribution in [0, 0.1) is 5.92 Å². The molecule has 1 heterocycles. The van der Waals surface area contributed by atoms with Gasteiger partial charge in [0.2, 0.25) is 0 Å². The maximum Gasteiger partial charge on any atom is 0.0941 e. The Kier molecular flexibility index (Phi) is 4.13. The highest BCUT2D eigenvalue weighted by Crippen LogP contribution is 2.25. The fourth-order valence-electron chi connectivity index (χ4n) is 1.92. The largest absolute Gasteiger partial charge is 0.330 e. The van der Waals surface area contributed by atoms with Gasteiger partial charge in [-0.3, -0.25) is 0 Å². The van der Waals surface area contributed by atoms with Crippen LogP contribution in [0.3, 0.4) is 0 Å². The summed E-state index contributed by atoms with van der Waals surface area (Å²) in [7, 11) is 0. The molecular weight excluding hydrogens is 228 g/mol. The zero-order valence-corrected chi connectivity index (χ0v) is 11.4. The molecule has 0 aliphatic heterocycles. The third-order valence-electron chi connectivity index (χ3n) is 2.75. The molecule has 0 aliphatic carbocycles. The van der Waals surface area contributed by atoms with Gasteiger partial charge < -0.3 is 5.73 Å². The van der Waals surface area contributed by atoms with Gasteiger partial charge in [-0.1, -0.05) is 19.9 Å². The Morgan fingerprint density at radius 3 is 2.88 bits per heavy atom. The molecular formula is C14H20N2S. The molecule has 0 unspecified atom stereocenters. The first-order valence-electron chi connectivity index (χ1n) is 6.27. The Morgan fingerprint density at radius 1 is 1.35 bits per heavy atom. The summed E-state index contributed by atoms with van der Waals surface area (Å²) in [5.41, 5.74) is 8.04. The van der Waals surface area contributed by atoms with E-state index in [9.17, 15) is 0 Å². The summed E-state index contributed by atoms with van der Waals surface area (Å²) in [6.07, 6.45) is 3.19. The molecule has 17 heavy (non-hydrogen) atoms. The summed E-state index contributed by atoms with van der Waals surface area (Å²) in [6, 6.07) is 6.61. The van der Waals surface area contributed by atoms with Crippen LogP contribution >= 0.6 is 11.3 Å². The lowest BCUT2D eigenvalue weighted by molar-refractivity contribution is 0.645. The van der Waals surface area contributed by atoms with E-state index >= 15 is 0 Å². The molecule has 2 nitrogen and oxygen atoms in total. The van der Waals surface area contributed by atoms with Crippen LogP contribution in [-0.4, -0.2) is 11.5 Å². The molecule has 0 saturated heterocycles. The number of nitrogens with zero attached hydrogens (tertiary/aromatic N) is 1. The molecule has 2 aromatic rings. The lowest BCUT2D eigenvalue weighted by Gasteiger charge is -1.98. The SMILES string of the molecule is CC(C)Cc1nc2cc(CCCN)ccc2s1. The van der Waals surface area contributed by atoms with Gasteiger partial charge in [-0.25, -0.2) is 4.98 Å². The van der Waals surface area contributed by atoms with Crippen LogP contribution < -0.4 is 5.73 Å². The summed E-state index contributed by atoms with van der Waals surface area (Å²) >= 11 is 1.82. The Labute approximate surface area is 107 Å². The van der Waals surface area contributed by atoms with E-state index in [-0.39, 0.29) is 0 Å². The lowest BCUT2D eigenvalue weighted by atomic mass is 10.1. The minimum Gasteiger partial charge on any atom is -0.330 e. The first-order chi connectivity index (χ1) is 8.19. The lowest BCUT2D eigenvalue weighted by Crippen LogP contribution is -2.00. The molecule has 0 fully saturated rings. The molecule has 0 atom stereocenters. The first kappa shape index (κ1) is 12.5. The normalized spacial score (nSPS) is 11.5. The van der Waals surface area contributed by atoms with Crippen molar-refractivity contribution in [2.45, 2.75) is 33.1 Å². The number of nitrogens with two attached hydrogens (primary N) is 1. The van der Waals surface area contributed by atoms with Gasteiger partial charge in [0, 0.05) is 6.42 Å². The van der Waals surface area contributed by atoms with E-state index in [0.717, 1.165) is 31.3 Å². The molecule has 2 rings (SSSR count). The van der Waals surface area contributed by atoms with Gasteiger partial charge >= 0.3 is 0 Å². The van der Waals surface area contributed by atoms with Crippen LogP contribution in [0.1, 0.15) is 30.8 Å². The number of aromatic nitrogens is 1. The summed E-state index contributed by atoms with van der Waals surface area (Å²) in [4.78, 5) is 4.71. The minimum absolute atomic E-state index is 0.673. The number of rotatable bonds is 5. The summed E-state index contributed by atoms with van der Waals surface area (Å²) < 4.78 is 1.30. The molecule has 0 spiro atoms. The van der Waals surface area contributed by atoms with Crippen molar-refractivity contribution >= 4 is 21.6 Å². The third-order valence-corrected chi connectivity index (χ3v) is 3.81. The van der Waals surface area contributed by atoms with Gasteiger partial charge in [-0.05, 0) is 43.0 Å². The third kappa shape index (κ3) is 3.27. The highest BCUT2D eigenvalue weighted by Gasteiger charge is 2.06. The highest BCUT2D eigenvalue weighted by molar-refractivity contribution is 7.18. The van der Waals surface area contributed by atoms with Crippen molar-refractivity contribution in [1.82, 2.24) is 4.98 Å². The van der Waals surface area contributed by atoms with Gasteiger partial charge in [0.05, 0.1) is 15.2 Å². The van der Waals surface area contributed by atoms with E-state index in [1.165, 1.54) is 15.3 Å². The van der Waals surface area contributed by atoms with Crippen LogP contribution in [0.4, 0.5) is 0 Å². The summed E-state index contributed by atoms with van der Waals surface area (Å²) in [5.74, 6) is 0.673. The minimum atomic E-state index is 0.673. The van der Waals surface area contributed by atoms with Gasteiger partial charge in [0.1, 0.15) is 0 Å². The average molecular weight is 248 g/mol. The van der Waals surface area contributed by atoms with Crippen molar-refractivity contribution in [2.24, 2.45) is 11.7 Å².